The van der Waals surface area contributed by atoms with E-state index in [0.717, 1.165) is 25.7 Å². The number of carbonyl (C=O) groups is 2. The highest BCUT2D eigenvalue weighted by Gasteiger charge is 2.42. The van der Waals surface area contributed by atoms with E-state index in [1.165, 1.54) is 51.4 Å². The Balaban J connectivity index is 0.00000363. The highest BCUT2D eigenvalue weighted by molar-refractivity contribution is 6.26. The molecule has 5 nitrogen and oxygen atoms in total. The van der Waals surface area contributed by atoms with Crippen molar-refractivity contribution < 1.29 is 26.7 Å². The van der Waals surface area contributed by atoms with E-state index in [1.54, 1.807) is 16.8 Å². The van der Waals surface area contributed by atoms with Crippen molar-refractivity contribution in [2.45, 2.75) is 104 Å². The van der Waals surface area contributed by atoms with Gasteiger partial charge in [-0.25, -0.2) is 0 Å². The van der Waals surface area contributed by atoms with Crippen LogP contribution in [0.15, 0.2) is 24.3 Å². The van der Waals surface area contributed by atoms with Crippen molar-refractivity contribution in [2.75, 3.05) is 0 Å². The minimum Gasteiger partial charge on any atom is -1.00 e. The lowest BCUT2D eigenvalue weighted by Gasteiger charge is -2.11. The number of aryl methyl sites for hydroxylation is 2. The van der Waals surface area contributed by atoms with Crippen LogP contribution in [0.2, 0.25) is 0 Å². The standard InChI is InChI=1S/C26H38N3O2.ClH/c1-3-5-7-9-10-11-12-16-20-29-24-23(28(27-29)19-15-8-6-4-2)25(30)21-17-13-14-18-22(21)26(24)31;/h13-14,17-18H,3-12,15-16,19-20H2,1-2H3;1H/q+1;/p-1. The second kappa shape index (κ2) is 13.5. The lowest BCUT2D eigenvalue weighted by Crippen LogP contribution is -3.00. The molecule has 0 N–H and O–H groups in total. The second-order valence-corrected chi connectivity index (χ2v) is 8.77. The van der Waals surface area contributed by atoms with E-state index in [9.17, 15) is 9.59 Å². The first-order valence-electron chi connectivity index (χ1n) is 12.4. The molecule has 1 aromatic carbocycles. The van der Waals surface area contributed by atoms with Crippen molar-refractivity contribution in [2.24, 2.45) is 0 Å². The van der Waals surface area contributed by atoms with Gasteiger partial charge >= 0.3 is 0 Å². The maximum absolute atomic E-state index is 13.3. The number of ketones is 2. The SMILES string of the molecule is CCCCCCCCCC[n+]1nn(CCCCCC)c2c1C(=O)c1ccccc1C2=O.[Cl-]. The van der Waals surface area contributed by atoms with Crippen LogP contribution < -0.4 is 17.1 Å². The summed E-state index contributed by atoms with van der Waals surface area (Å²) in [6.45, 7) is 5.81. The van der Waals surface area contributed by atoms with Crippen LogP contribution in [0.3, 0.4) is 0 Å². The number of rotatable bonds is 14. The molecule has 0 amide bonds. The van der Waals surface area contributed by atoms with Gasteiger partial charge in [0, 0.05) is 11.1 Å². The number of nitrogens with zero attached hydrogens (tertiary/aromatic N) is 3. The zero-order valence-electron chi connectivity index (χ0n) is 19.7. The van der Waals surface area contributed by atoms with Crippen molar-refractivity contribution in [1.82, 2.24) is 9.90 Å². The molecule has 0 spiro atoms. The highest BCUT2D eigenvalue weighted by Crippen LogP contribution is 2.25. The summed E-state index contributed by atoms with van der Waals surface area (Å²) in [5.74, 6) is -0.132. The van der Waals surface area contributed by atoms with Crippen molar-refractivity contribution >= 4 is 11.6 Å². The van der Waals surface area contributed by atoms with E-state index in [4.69, 9.17) is 5.21 Å². The van der Waals surface area contributed by atoms with E-state index in [0.29, 0.717) is 35.6 Å². The van der Waals surface area contributed by atoms with Crippen molar-refractivity contribution in [3.63, 3.8) is 0 Å². The summed E-state index contributed by atoms with van der Waals surface area (Å²) in [6.07, 6.45) is 14.3. The quantitative estimate of drug-likeness (QED) is 0.275. The third-order valence-electron chi connectivity index (χ3n) is 6.25. The molecule has 176 valence electrons. The van der Waals surface area contributed by atoms with Crippen LogP contribution in [0.4, 0.5) is 0 Å². The third kappa shape index (κ3) is 6.28. The summed E-state index contributed by atoms with van der Waals surface area (Å²) in [6, 6.07) is 7.17. The zero-order chi connectivity index (χ0) is 22.1. The van der Waals surface area contributed by atoms with Gasteiger partial charge in [0.15, 0.2) is 0 Å². The minimum atomic E-state index is -0.0668. The van der Waals surface area contributed by atoms with Gasteiger partial charge < -0.3 is 12.4 Å². The fourth-order valence-corrected chi connectivity index (χ4v) is 4.44. The third-order valence-corrected chi connectivity index (χ3v) is 6.25. The van der Waals surface area contributed by atoms with Gasteiger partial charge in [-0.1, -0.05) is 89.5 Å². The largest absolute Gasteiger partial charge is 1.00 e. The van der Waals surface area contributed by atoms with Crippen LogP contribution in [0.5, 0.6) is 0 Å². The second-order valence-electron chi connectivity index (χ2n) is 8.77. The van der Waals surface area contributed by atoms with Crippen LogP contribution in [0, 0.1) is 0 Å². The molecule has 1 heterocycles. The first-order valence-corrected chi connectivity index (χ1v) is 12.4. The topological polar surface area (TPSA) is 55.8 Å². The number of halogens is 1. The summed E-state index contributed by atoms with van der Waals surface area (Å²) in [7, 11) is 0. The first kappa shape index (κ1) is 26.2. The summed E-state index contributed by atoms with van der Waals surface area (Å²) in [4.78, 5) is 26.5. The van der Waals surface area contributed by atoms with Gasteiger partial charge in [0.25, 0.3) is 0 Å². The first-order chi connectivity index (χ1) is 15.2. The van der Waals surface area contributed by atoms with Crippen LogP contribution >= 0.6 is 0 Å². The maximum atomic E-state index is 13.3. The molecule has 6 heteroatoms. The monoisotopic (exact) mass is 459 g/mol. The van der Waals surface area contributed by atoms with E-state index < -0.39 is 0 Å². The van der Waals surface area contributed by atoms with E-state index >= 15 is 0 Å². The Morgan fingerprint density at radius 3 is 1.91 bits per heavy atom. The molecule has 2 aromatic rings. The van der Waals surface area contributed by atoms with Crippen LogP contribution in [0.25, 0.3) is 0 Å². The molecule has 1 aliphatic carbocycles. The Morgan fingerprint density at radius 1 is 0.750 bits per heavy atom. The summed E-state index contributed by atoms with van der Waals surface area (Å²) >= 11 is 0. The smallest absolute Gasteiger partial charge is 0.249 e. The van der Waals surface area contributed by atoms with Gasteiger partial charge in [-0.3, -0.25) is 9.59 Å². The average molecular weight is 460 g/mol. The molecule has 0 atom stereocenters. The van der Waals surface area contributed by atoms with E-state index in [-0.39, 0.29) is 24.0 Å². The van der Waals surface area contributed by atoms with E-state index in [1.807, 2.05) is 16.8 Å². The molecule has 0 aliphatic heterocycles. The fourth-order valence-electron chi connectivity index (χ4n) is 4.44. The van der Waals surface area contributed by atoms with Gasteiger partial charge in [0.2, 0.25) is 23.0 Å². The Kier molecular flexibility index (Phi) is 11.1. The number of hydrogen-bond acceptors (Lipinski definition) is 3. The Bertz CT molecular complexity index is 891. The maximum Gasteiger partial charge on any atom is 0.249 e. The molecule has 0 unspecified atom stereocenters. The Morgan fingerprint density at radius 2 is 1.28 bits per heavy atom. The van der Waals surface area contributed by atoms with Crippen molar-refractivity contribution in [3.8, 4) is 0 Å². The molecule has 0 bridgehead atoms. The summed E-state index contributed by atoms with van der Waals surface area (Å²) < 4.78 is 3.61. The predicted molar refractivity (Wildman–Crippen MR) is 122 cm³/mol. The van der Waals surface area contributed by atoms with Crippen LogP contribution in [0.1, 0.15) is 123 Å². The van der Waals surface area contributed by atoms with Gasteiger partial charge in [0.05, 0.1) is 5.21 Å². The lowest BCUT2D eigenvalue weighted by atomic mass is 9.90. The normalized spacial score (nSPS) is 12.4. The number of hydrogen-bond donors (Lipinski definition) is 0. The summed E-state index contributed by atoms with van der Waals surface area (Å²) in [5.41, 5.74) is 1.99. The molecular formula is C26H38ClN3O2. The highest BCUT2D eigenvalue weighted by atomic mass is 35.5. The van der Waals surface area contributed by atoms with Crippen molar-refractivity contribution in [1.29, 1.82) is 0 Å². The average Bonchev–Trinajstić information content (AvgIpc) is 3.15. The molecule has 0 saturated heterocycles. The number of benzene rings is 1. The molecule has 0 radical (unpaired) electrons. The predicted octanol–water partition coefficient (Wildman–Crippen LogP) is 2.67. The molecule has 3 rings (SSSR count). The lowest BCUT2D eigenvalue weighted by molar-refractivity contribution is -0.757. The summed E-state index contributed by atoms with van der Waals surface area (Å²) in [5, 5.41) is 4.72. The number of fused-ring (bicyclic) bond motifs is 2. The van der Waals surface area contributed by atoms with Crippen LogP contribution in [-0.2, 0) is 13.1 Å². The Hall–Kier alpha value is -2.01. The number of carbonyl (C=O) groups excluding carboxylic acids is 2. The number of unbranched alkanes of at least 4 members (excludes halogenated alkanes) is 10. The molecule has 0 fully saturated rings. The van der Waals surface area contributed by atoms with E-state index in [2.05, 4.69) is 13.8 Å². The van der Waals surface area contributed by atoms with Crippen LogP contribution in [-0.4, -0.2) is 21.5 Å². The van der Waals surface area contributed by atoms with Gasteiger partial charge in [-0.05, 0) is 25.7 Å². The molecule has 32 heavy (non-hydrogen) atoms. The molecule has 0 saturated carbocycles. The molecular weight excluding hydrogens is 422 g/mol. The van der Waals surface area contributed by atoms with Crippen molar-refractivity contribution in [3.05, 3.63) is 46.8 Å². The van der Waals surface area contributed by atoms with Gasteiger partial charge in [0.1, 0.15) is 13.1 Å². The molecule has 1 aliphatic rings. The number of aromatic nitrogens is 3. The Labute approximate surface area is 199 Å². The zero-order valence-corrected chi connectivity index (χ0v) is 20.5. The van der Waals surface area contributed by atoms with Gasteiger partial charge in [-0.2, -0.15) is 0 Å². The minimum absolute atomic E-state index is 0. The molecule has 1 aromatic heterocycles. The fraction of sp³-hybridized carbons (Fsp3) is 0.615. The van der Waals surface area contributed by atoms with Gasteiger partial charge in [-0.15, -0.1) is 9.36 Å².